The summed E-state index contributed by atoms with van der Waals surface area (Å²) in [6, 6.07) is 14.6. The molecular formula is C14H16N2. The Hall–Kier alpha value is -1.67. The van der Waals surface area contributed by atoms with E-state index in [9.17, 15) is 0 Å². The quantitative estimate of drug-likeness (QED) is 0.843. The molecule has 2 rings (SSSR count). The van der Waals surface area contributed by atoms with Crippen LogP contribution in [-0.2, 0) is 12.8 Å². The van der Waals surface area contributed by atoms with Crippen molar-refractivity contribution in [1.82, 2.24) is 4.98 Å². The topological polar surface area (TPSA) is 38.9 Å². The summed E-state index contributed by atoms with van der Waals surface area (Å²) in [4.78, 5) is 4.00. The Morgan fingerprint density at radius 2 is 1.44 bits per heavy atom. The van der Waals surface area contributed by atoms with Crippen molar-refractivity contribution in [1.29, 1.82) is 0 Å². The summed E-state index contributed by atoms with van der Waals surface area (Å²) in [6.07, 6.45) is 5.44. The maximum atomic E-state index is 6.12. The predicted octanol–water partition coefficient (Wildman–Crippen LogP) is 2.19. The molecule has 0 radical (unpaired) electrons. The minimum absolute atomic E-state index is 0.171. The molecule has 1 aromatic heterocycles. The number of pyridine rings is 1. The lowest BCUT2D eigenvalue weighted by Gasteiger charge is -2.11. The first-order valence-electron chi connectivity index (χ1n) is 5.53. The van der Waals surface area contributed by atoms with E-state index in [1.54, 1.807) is 0 Å². The van der Waals surface area contributed by atoms with Crippen LogP contribution in [0.1, 0.15) is 11.1 Å². The normalized spacial score (nSPS) is 12.3. The van der Waals surface area contributed by atoms with Gasteiger partial charge in [-0.2, -0.15) is 0 Å². The van der Waals surface area contributed by atoms with Crippen LogP contribution in [0.15, 0.2) is 54.9 Å². The SMILES string of the molecule is NC(Cc1ccccc1)Cc1ccncc1. The van der Waals surface area contributed by atoms with E-state index in [1.165, 1.54) is 11.1 Å². The molecule has 2 heteroatoms. The third kappa shape index (κ3) is 3.17. The molecule has 0 amide bonds. The van der Waals surface area contributed by atoms with Crippen molar-refractivity contribution in [3.63, 3.8) is 0 Å². The Labute approximate surface area is 96.1 Å². The van der Waals surface area contributed by atoms with Gasteiger partial charge in [-0.15, -0.1) is 0 Å². The third-order valence-electron chi connectivity index (χ3n) is 2.59. The minimum atomic E-state index is 0.171. The van der Waals surface area contributed by atoms with E-state index < -0.39 is 0 Å². The molecule has 0 bridgehead atoms. The summed E-state index contributed by atoms with van der Waals surface area (Å²) >= 11 is 0. The molecule has 0 aliphatic carbocycles. The fraction of sp³-hybridized carbons (Fsp3) is 0.214. The maximum absolute atomic E-state index is 6.12. The van der Waals surface area contributed by atoms with Crippen LogP contribution < -0.4 is 5.73 Å². The molecule has 1 heterocycles. The average Bonchev–Trinajstić information content (AvgIpc) is 2.31. The second-order valence-corrected chi connectivity index (χ2v) is 4.01. The zero-order chi connectivity index (χ0) is 11.2. The summed E-state index contributed by atoms with van der Waals surface area (Å²) < 4.78 is 0. The fourth-order valence-corrected chi connectivity index (χ4v) is 1.81. The molecule has 0 aliphatic rings. The van der Waals surface area contributed by atoms with Gasteiger partial charge in [0.15, 0.2) is 0 Å². The first-order valence-corrected chi connectivity index (χ1v) is 5.53. The molecule has 2 nitrogen and oxygen atoms in total. The zero-order valence-corrected chi connectivity index (χ0v) is 9.21. The highest BCUT2D eigenvalue weighted by molar-refractivity contribution is 5.17. The molecule has 0 aliphatic heterocycles. The monoisotopic (exact) mass is 212 g/mol. The standard InChI is InChI=1S/C14H16N2/c15-14(10-12-4-2-1-3-5-12)11-13-6-8-16-9-7-13/h1-9,14H,10-11,15H2. The highest BCUT2D eigenvalue weighted by atomic mass is 14.6. The van der Waals surface area contributed by atoms with Gasteiger partial charge in [-0.3, -0.25) is 4.98 Å². The van der Waals surface area contributed by atoms with Gasteiger partial charge in [0, 0.05) is 18.4 Å². The van der Waals surface area contributed by atoms with E-state index >= 15 is 0 Å². The number of nitrogens with two attached hydrogens (primary N) is 1. The predicted molar refractivity (Wildman–Crippen MR) is 66.1 cm³/mol. The lowest BCUT2D eigenvalue weighted by Crippen LogP contribution is -2.25. The maximum Gasteiger partial charge on any atom is 0.0270 e. The molecule has 1 unspecified atom stereocenters. The zero-order valence-electron chi connectivity index (χ0n) is 9.21. The number of hydrogen-bond acceptors (Lipinski definition) is 2. The van der Waals surface area contributed by atoms with Crippen LogP contribution in [0.3, 0.4) is 0 Å². The van der Waals surface area contributed by atoms with Crippen LogP contribution in [0.4, 0.5) is 0 Å². The molecule has 2 aromatic rings. The summed E-state index contributed by atoms with van der Waals surface area (Å²) in [6.45, 7) is 0. The van der Waals surface area contributed by atoms with Crippen LogP contribution >= 0.6 is 0 Å². The van der Waals surface area contributed by atoms with E-state index in [0.717, 1.165) is 12.8 Å². The van der Waals surface area contributed by atoms with E-state index in [0.29, 0.717) is 0 Å². The summed E-state index contributed by atoms with van der Waals surface area (Å²) in [5.74, 6) is 0. The van der Waals surface area contributed by atoms with Gasteiger partial charge in [0.2, 0.25) is 0 Å². The number of hydrogen-bond donors (Lipinski definition) is 1. The van der Waals surface area contributed by atoms with Gasteiger partial charge < -0.3 is 5.73 Å². The second kappa shape index (κ2) is 5.42. The van der Waals surface area contributed by atoms with Crippen molar-refractivity contribution in [2.45, 2.75) is 18.9 Å². The van der Waals surface area contributed by atoms with Crippen LogP contribution in [0.2, 0.25) is 0 Å². The van der Waals surface area contributed by atoms with Crippen molar-refractivity contribution >= 4 is 0 Å². The number of benzene rings is 1. The van der Waals surface area contributed by atoms with E-state index in [-0.39, 0.29) is 6.04 Å². The Morgan fingerprint density at radius 1 is 0.875 bits per heavy atom. The largest absolute Gasteiger partial charge is 0.327 e. The molecule has 1 atom stereocenters. The van der Waals surface area contributed by atoms with Crippen LogP contribution in [0, 0.1) is 0 Å². The Kier molecular flexibility index (Phi) is 3.67. The van der Waals surface area contributed by atoms with Crippen molar-refractivity contribution in [2.75, 3.05) is 0 Å². The van der Waals surface area contributed by atoms with Gasteiger partial charge in [0.05, 0.1) is 0 Å². The van der Waals surface area contributed by atoms with Gasteiger partial charge in [0.25, 0.3) is 0 Å². The van der Waals surface area contributed by atoms with Crippen molar-refractivity contribution < 1.29 is 0 Å². The molecule has 0 saturated heterocycles. The molecule has 16 heavy (non-hydrogen) atoms. The second-order valence-electron chi connectivity index (χ2n) is 4.01. The molecule has 2 N–H and O–H groups in total. The van der Waals surface area contributed by atoms with E-state index in [4.69, 9.17) is 5.73 Å². The van der Waals surface area contributed by atoms with E-state index in [2.05, 4.69) is 29.2 Å². The highest BCUT2D eigenvalue weighted by Gasteiger charge is 2.04. The number of rotatable bonds is 4. The van der Waals surface area contributed by atoms with Crippen LogP contribution in [0.5, 0.6) is 0 Å². The number of nitrogens with zero attached hydrogens (tertiary/aromatic N) is 1. The lowest BCUT2D eigenvalue weighted by molar-refractivity contribution is 0.664. The smallest absolute Gasteiger partial charge is 0.0270 e. The first-order chi connectivity index (χ1) is 7.84. The van der Waals surface area contributed by atoms with Crippen molar-refractivity contribution in [3.8, 4) is 0 Å². The molecule has 1 aromatic carbocycles. The van der Waals surface area contributed by atoms with Gasteiger partial charge in [-0.25, -0.2) is 0 Å². The van der Waals surface area contributed by atoms with Gasteiger partial charge >= 0.3 is 0 Å². The van der Waals surface area contributed by atoms with Gasteiger partial charge in [0.1, 0.15) is 0 Å². The van der Waals surface area contributed by atoms with E-state index in [1.807, 2.05) is 30.6 Å². The molecule has 0 spiro atoms. The molecule has 82 valence electrons. The van der Waals surface area contributed by atoms with Gasteiger partial charge in [-0.05, 0) is 36.1 Å². The molecule has 0 saturated carbocycles. The van der Waals surface area contributed by atoms with Crippen LogP contribution in [0.25, 0.3) is 0 Å². The first kappa shape index (κ1) is 10.8. The lowest BCUT2D eigenvalue weighted by atomic mass is 10.0. The average molecular weight is 212 g/mol. The third-order valence-corrected chi connectivity index (χ3v) is 2.59. The van der Waals surface area contributed by atoms with Crippen molar-refractivity contribution in [3.05, 3.63) is 66.0 Å². The Balaban J connectivity index is 1.92. The van der Waals surface area contributed by atoms with Gasteiger partial charge in [-0.1, -0.05) is 30.3 Å². The Bertz CT molecular complexity index is 370. The van der Waals surface area contributed by atoms with Crippen molar-refractivity contribution in [2.24, 2.45) is 5.73 Å². The number of aromatic nitrogens is 1. The highest BCUT2D eigenvalue weighted by Crippen LogP contribution is 2.06. The fourth-order valence-electron chi connectivity index (χ4n) is 1.81. The molecular weight excluding hydrogens is 196 g/mol. The molecule has 0 fully saturated rings. The summed E-state index contributed by atoms with van der Waals surface area (Å²) in [7, 11) is 0. The Morgan fingerprint density at radius 3 is 2.06 bits per heavy atom. The minimum Gasteiger partial charge on any atom is -0.327 e. The van der Waals surface area contributed by atoms with Crippen LogP contribution in [-0.4, -0.2) is 11.0 Å². The summed E-state index contributed by atoms with van der Waals surface area (Å²) in [5.41, 5.74) is 8.66. The summed E-state index contributed by atoms with van der Waals surface area (Å²) in [5, 5.41) is 0.